The van der Waals surface area contributed by atoms with Crippen molar-refractivity contribution >= 4 is 17.7 Å². The fraction of sp³-hybridized carbons (Fsp3) is 0.150. The molecule has 3 aromatic rings. The molecule has 0 saturated carbocycles. The first-order valence-corrected chi connectivity index (χ1v) is 8.34. The molecule has 0 radical (unpaired) electrons. The summed E-state index contributed by atoms with van der Waals surface area (Å²) in [5.74, 6) is -0.162. The third-order valence-corrected chi connectivity index (χ3v) is 4.27. The van der Waals surface area contributed by atoms with Crippen LogP contribution in [0.25, 0.3) is 11.1 Å². The Labute approximate surface area is 161 Å². The number of carbonyl (C=O) groups is 2. The van der Waals surface area contributed by atoms with Crippen molar-refractivity contribution in [3.05, 3.63) is 59.8 Å². The number of aromatic carboxylic acids is 1. The fourth-order valence-corrected chi connectivity index (χ4v) is 2.84. The van der Waals surface area contributed by atoms with Gasteiger partial charge in [-0.25, -0.2) is 4.79 Å². The maximum Gasteiger partial charge on any atom is 0.336 e. The minimum atomic E-state index is -1.17. The number of aromatic nitrogens is 2. The van der Waals surface area contributed by atoms with E-state index in [9.17, 15) is 14.7 Å². The van der Waals surface area contributed by atoms with Gasteiger partial charge < -0.3 is 19.9 Å². The molecule has 0 unspecified atom stereocenters. The summed E-state index contributed by atoms with van der Waals surface area (Å²) in [6.07, 6.45) is 1.61. The molecule has 3 rings (SSSR count). The summed E-state index contributed by atoms with van der Waals surface area (Å²) in [6.45, 7) is 0. The number of methoxy groups -OCH3 is 2. The van der Waals surface area contributed by atoms with E-state index < -0.39 is 11.9 Å². The van der Waals surface area contributed by atoms with Crippen molar-refractivity contribution in [1.29, 1.82) is 0 Å². The molecule has 0 saturated heterocycles. The lowest BCUT2D eigenvalue weighted by molar-refractivity contribution is 0.0692. The largest absolute Gasteiger partial charge is 0.493 e. The van der Waals surface area contributed by atoms with Crippen molar-refractivity contribution in [2.24, 2.45) is 7.05 Å². The number of anilines is 1. The second kappa shape index (κ2) is 7.83. The van der Waals surface area contributed by atoms with E-state index in [1.165, 1.54) is 23.9 Å². The Hall–Kier alpha value is -3.81. The van der Waals surface area contributed by atoms with Crippen LogP contribution in [-0.2, 0) is 7.05 Å². The Balaban J connectivity index is 1.99. The molecule has 144 valence electrons. The summed E-state index contributed by atoms with van der Waals surface area (Å²) in [5.41, 5.74) is 1.40. The fourth-order valence-electron chi connectivity index (χ4n) is 2.84. The zero-order valence-corrected chi connectivity index (χ0v) is 15.6. The molecule has 8 nitrogen and oxygen atoms in total. The SMILES string of the molecule is COc1ccc(-c2cnn(C)c2NC(=O)c2ccccc2C(=O)O)cc1OC. The molecule has 0 atom stereocenters. The highest BCUT2D eigenvalue weighted by molar-refractivity contribution is 6.11. The van der Waals surface area contributed by atoms with E-state index in [0.717, 1.165) is 5.56 Å². The van der Waals surface area contributed by atoms with Crippen molar-refractivity contribution in [3.63, 3.8) is 0 Å². The summed E-state index contributed by atoms with van der Waals surface area (Å²) < 4.78 is 12.1. The van der Waals surface area contributed by atoms with Crippen LogP contribution in [0.4, 0.5) is 5.82 Å². The van der Waals surface area contributed by atoms with Gasteiger partial charge in [0, 0.05) is 12.6 Å². The van der Waals surface area contributed by atoms with Gasteiger partial charge in [-0.2, -0.15) is 5.10 Å². The lowest BCUT2D eigenvalue weighted by atomic mass is 10.1. The third kappa shape index (κ3) is 3.52. The highest BCUT2D eigenvalue weighted by atomic mass is 16.5. The number of carboxylic acid groups (broad SMARTS) is 1. The van der Waals surface area contributed by atoms with Gasteiger partial charge in [0.25, 0.3) is 5.91 Å². The number of carbonyl (C=O) groups excluding carboxylic acids is 1. The number of benzene rings is 2. The molecule has 2 N–H and O–H groups in total. The van der Waals surface area contributed by atoms with Crippen LogP contribution < -0.4 is 14.8 Å². The zero-order chi connectivity index (χ0) is 20.3. The predicted molar refractivity (Wildman–Crippen MR) is 103 cm³/mol. The quantitative estimate of drug-likeness (QED) is 0.680. The maximum atomic E-state index is 12.7. The summed E-state index contributed by atoms with van der Waals surface area (Å²) in [4.78, 5) is 24.1. The van der Waals surface area contributed by atoms with Crippen LogP contribution in [0.5, 0.6) is 11.5 Å². The average molecular weight is 381 g/mol. The number of hydrogen-bond acceptors (Lipinski definition) is 5. The van der Waals surface area contributed by atoms with Crippen molar-refractivity contribution in [2.75, 3.05) is 19.5 Å². The minimum Gasteiger partial charge on any atom is -0.493 e. The van der Waals surface area contributed by atoms with Gasteiger partial charge in [0.2, 0.25) is 0 Å². The molecule has 0 aliphatic carbocycles. The molecular weight excluding hydrogens is 362 g/mol. The Morgan fingerprint density at radius 2 is 1.71 bits per heavy atom. The van der Waals surface area contributed by atoms with E-state index in [1.807, 2.05) is 6.07 Å². The van der Waals surface area contributed by atoms with Crippen molar-refractivity contribution in [3.8, 4) is 22.6 Å². The Bertz CT molecular complexity index is 1040. The Morgan fingerprint density at radius 3 is 2.36 bits per heavy atom. The van der Waals surface area contributed by atoms with Gasteiger partial charge in [0.15, 0.2) is 11.5 Å². The lowest BCUT2D eigenvalue weighted by Crippen LogP contribution is -2.18. The monoisotopic (exact) mass is 381 g/mol. The van der Waals surface area contributed by atoms with Gasteiger partial charge >= 0.3 is 5.97 Å². The van der Waals surface area contributed by atoms with Gasteiger partial charge in [0.1, 0.15) is 5.82 Å². The van der Waals surface area contributed by atoms with E-state index in [2.05, 4.69) is 10.4 Å². The van der Waals surface area contributed by atoms with Gasteiger partial charge in [-0.15, -0.1) is 0 Å². The first-order chi connectivity index (χ1) is 13.5. The van der Waals surface area contributed by atoms with E-state index in [4.69, 9.17) is 9.47 Å². The lowest BCUT2D eigenvalue weighted by Gasteiger charge is -2.12. The number of nitrogens with zero attached hydrogens (tertiary/aromatic N) is 2. The molecule has 1 heterocycles. The molecule has 0 spiro atoms. The van der Waals surface area contributed by atoms with Crippen molar-refractivity contribution < 1.29 is 24.2 Å². The first-order valence-electron chi connectivity index (χ1n) is 8.34. The summed E-state index contributed by atoms with van der Waals surface area (Å²) in [6, 6.07) is 11.4. The van der Waals surface area contributed by atoms with E-state index in [1.54, 1.807) is 44.6 Å². The highest BCUT2D eigenvalue weighted by Crippen LogP contribution is 2.35. The van der Waals surface area contributed by atoms with E-state index >= 15 is 0 Å². The molecular formula is C20H19N3O5. The molecule has 2 aromatic carbocycles. The number of rotatable bonds is 6. The summed E-state index contributed by atoms with van der Waals surface area (Å²) in [7, 11) is 4.77. The number of amides is 1. The van der Waals surface area contributed by atoms with Crippen molar-refractivity contribution in [1.82, 2.24) is 9.78 Å². The molecule has 0 bridgehead atoms. The van der Waals surface area contributed by atoms with Gasteiger partial charge in [-0.05, 0) is 29.8 Å². The van der Waals surface area contributed by atoms with Crippen LogP contribution in [0, 0.1) is 0 Å². The van der Waals surface area contributed by atoms with E-state index in [-0.39, 0.29) is 11.1 Å². The summed E-state index contributed by atoms with van der Waals surface area (Å²) >= 11 is 0. The molecule has 28 heavy (non-hydrogen) atoms. The molecule has 0 aliphatic heterocycles. The second-order valence-corrected chi connectivity index (χ2v) is 5.91. The van der Waals surface area contributed by atoms with Gasteiger partial charge in [0.05, 0.1) is 31.5 Å². The average Bonchev–Trinajstić information content (AvgIpc) is 3.07. The highest BCUT2D eigenvalue weighted by Gasteiger charge is 2.20. The van der Waals surface area contributed by atoms with Crippen LogP contribution in [0.2, 0.25) is 0 Å². The van der Waals surface area contributed by atoms with Crippen LogP contribution in [-0.4, -0.2) is 41.0 Å². The van der Waals surface area contributed by atoms with Crippen LogP contribution in [0.3, 0.4) is 0 Å². The second-order valence-electron chi connectivity index (χ2n) is 5.91. The molecule has 1 aromatic heterocycles. The van der Waals surface area contributed by atoms with Crippen molar-refractivity contribution in [2.45, 2.75) is 0 Å². The molecule has 8 heteroatoms. The topological polar surface area (TPSA) is 103 Å². The predicted octanol–water partition coefficient (Wildman–Crippen LogP) is 3.05. The molecule has 0 fully saturated rings. The summed E-state index contributed by atoms with van der Waals surface area (Å²) in [5, 5.41) is 16.3. The Morgan fingerprint density at radius 1 is 1.04 bits per heavy atom. The number of ether oxygens (including phenoxy) is 2. The Kier molecular flexibility index (Phi) is 5.30. The number of nitrogens with one attached hydrogen (secondary N) is 1. The van der Waals surface area contributed by atoms with Crippen LogP contribution >= 0.6 is 0 Å². The molecule has 0 aliphatic rings. The normalized spacial score (nSPS) is 10.4. The zero-order valence-electron chi connectivity index (χ0n) is 15.6. The number of carboxylic acids is 1. The van der Waals surface area contributed by atoms with Crippen LogP contribution in [0.15, 0.2) is 48.7 Å². The van der Waals surface area contributed by atoms with Crippen LogP contribution in [0.1, 0.15) is 20.7 Å². The smallest absolute Gasteiger partial charge is 0.336 e. The molecule has 1 amide bonds. The van der Waals surface area contributed by atoms with Gasteiger partial charge in [-0.3, -0.25) is 9.48 Å². The van der Waals surface area contributed by atoms with Gasteiger partial charge in [-0.1, -0.05) is 18.2 Å². The minimum absolute atomic E-state index is 0.0643. The number of hydrogen-bond donors (Lipinski definition) is 2. The van der Waals surface area contributed by atoms with E-state index in [0.29, 0.717) is 22.9 Å². The number of aryl methyl sites for hydroxylation is 1. The third-order valence-electron chi connectivity index (χ3n) is 4.27. The first kappa shape index (κ1) is 19.0. The standard InChI is InChI=1S/C20H19N3O5/c1-23-18(22-19(24)13-6-4-5-7-14(13)20(25)26)15(11-21-23)12-8-9-16(27-2)17(10-12)28-3/h4-11H,1-3H3,(H,22,24)(H,25,26). The maximum absolute atomic E-state index is 12.7.